The van der Waals surface area contributed by atoms with Crippen LogP contribution in [0, 0.1) is 12.3 Å². The van der Waals surface area contributed by atoms with Crippen LogP contribution in [0.15, 0.2) is 12.2 Å². The average molecular weight is 165 g/mol. The Morgan fingerprint density at radius 3 is 2.92 bits per heavy atom. The van der Waals surface area contributed by atoms with Crippen LogP contribution in [0.1, 0.15) is 51.9 Å². The normalized spacial score (nSPS) is 27.6. The van der Waals surface area contributed by atoms with E-state index in [0.717, 1.165) is 5.92 Å². The predicted octanol–water partition coefficient (Wildman–Crippen LogP) is 4.13. The van der Waals surface area contributed by atoms with Crippen LogP contribution < -0.4 is 0 Å². The zero-order valence-electron chi connectivity index (χ0n) is 8.26. The summed E-state index contributed by atoms with van der Waals surface area (Å²) in [6.07, 6.45) is 16.6. The second kappa shape index (κ2) is 6.28. The Kier molecular flexibility index (Phi) is 5.14. The van der Waals surface area contributed by atoms with E-state index in [0.29, 0.717) is 0 Å². The molecule has 12 heavy (non-hydrogen) atoms. The molecule has 1 rings (SSSR count). The summed E-state index contributed by atoms with van der Waals surface area (Å²) < 4.78 is 0. The van der Waals surface area contributed by atoms with E-state index in [9.17, 15) is 0 Å². The van der Waals surface area contributed by atoms with Crippen molar-refractivity contribution >= 4 is 0 Å². The Morgan fingerprint density at radius 2 is 2.08 bits per heavy atom. The minimum absolute atomic E-state index is 0.981. The third-order valence-electron chi connectivity index (χ3n) is 2.68. The number of hydrogen-bond donors (Lipinski definition) is 0. The zero-order chi connectivity index (χ0) is 8.65. The number of rotatable bonds is 3. The van der Waals surface area contributed by atoms with E-state index < -0.39 is 0 Å². The fraction of sp³-hybridized carbons (Fsp3) is 0.750. The van der Waals surface area contributed by atoms with Gasteiger partial charge in [0, 0.05) is 0 Å². The fourth-order valence-corrected chi connectivity index (χ4v) is 1.87. The quantitative estimate of drug-likeness (QED) is 0.552. The van der Waals surface area contributed by atoms with Crippen molar-refractivity contribution < 1.29 is 0 Å². The lowest BCUT2D eigenvalue weighted by Gasteiger charge is -2.16. The molecule has 1 aliphatic carbocycles. The highest BCUT2D eigenvalue weighted by molar-refractivity contribution is 4.85. The van der Waals surface area contributed by atoms with Gasteiger partial charge in [0.15, 0.2) is 0 Å². The van der Waals surface area contributed by atoms with Gasteiger partial charge in [0.05, 0.1) is 0 Å². The van der Waals surface area contributed by atoms with E-state index in [2.05, 4.69) is 25.5 Å². The first-order valence-corrected chi connectivity index (χ1v) is 5.40. The maximum Gasteiger partial charge on any atom is -0.0348 e. The van der Waals surface area contributed by atoms with Crippen LogP contribution in [0.2, 0.25) is 0 Å². The van der Waals surface area contributed by atoms with Crippen molar-refractivity contribution in [1.29, 1.82) is 0 Å². The maximum absolute atomic E-state index is 2.44. The Labute approximate surface area is 77.1 Å². The summed E-state index contributed by atoms with van der Waals surface area (Å²) in [4.78, 5) is 0. The van der Waals surface area contributed by atoms with Crippen molar-refractivity contribution in [3.63, 3.8) is 0 Å². The zero-order valence-corrected chi connectivity index (χ0v) is 8.26. The Bertz CT molecular complexity index is 124. The molecule has 69 valence electrons. The summed E-state index contributed by atoms with van der Waals surface area (Å²) in [5, 5.41) is 0. The van der Waals surface area contributed by atoms with Gasteiger partial charge in [0.2, 0.25) is 0 Å². The average Bonchev–Trinajstić information content (AvgIpc) is 2.02. The van der Waals surface area contributed by atoms with E-state index in [1.54, 1.807) is 0 Å². The van der Waals surface area contributed by atoms with Crippen molar-refractivity contribution in [3.8, 4) is 0 Å². The minimum Gasteiger partial charge on any atom is -0.0885 e. The van der Waals surface area contributed by atoms with Crippen molar-refractivity contribution in [2.75, 3.05) is 0 Å². The van der Waals surface area contributed by atoms with Crippen molar-refractivity contribution in [2.45, 2.75) is 51.9 Å². The maximum atomic E-state index is 2.44. The Hall–Kier alpha value is -0.260. The van der Waals surface area contributed by atoms with Gasteiger partial charge in [0.25, 0.3) is 0 Å². The van der Waals surface area contributed by atoms with E-state index in [4.69, 9.17) is 0 Å². The molecular formula is C12H21. The molecule has 0 saturated carbocycles. The van der Waals surface area contributed by atoms with Gasteiger partial charge in [0.1, 0.15) is 0 Å². The van der Waals surface area contributed by atoms with Crippen LogP contribution in [0.5, 0.6) is 0 Å². The molecule has 0 fully saturated rings. The van der Waals surface area contributed by atoms with Crippen molar-refractivity contribution in [2.24, 2.45) is 5.92 Å². The van der Waals surface area contributed by atoms with Gasteiger partial charge in [-0.15, -0.1) is 0 Å². The van der Waals surface area contributed by atoms with Crippen LogP contribution in [-0.2, 0) is 0 Å². The van der Waals surface area contributed by atoms with Crippen LogP contribution in [-0.4, -0.2) is 0 Å². The Balaban J connectivity index is 2.18. The molecule has 0 aliphatic heterocycles. The molecule has 0 heteroatoms. The SMILES string of the molecule is CC[CH]CC1CC/C=C\CCC1. The topological polar surface area (TPSA) is 0 Å². The molecule has 1 radical (unpaired) electrons. The monoisotopic (exact) mass is 165 g/mol. The minimum atomic E-state index is 0.981. The van der Waals surface area contributed by atoms with Gasteiger partial charge in [-0.3, -0.25) is 0 Å². The molecule has 0 N–H and O–H groups in total. The third-order valence-corrected chi connectivity index (χ3v) is 2.68. The molecule has 0 saturated heterocycles. The molecule has 1 unspecified atom stereocenters. The molecule has 0 spiro atoms. The van der Waals surface area contributed by atoms with Gasteiger partial charge >= 0.3 is 0 Å². The molecule has 0 heterocycles. The first-order chi connectivity index (χ1) is 5.93. The largest absolute Gasteiger partial charge is 0.0885 e. The lowest BCUT2D eigenvalue weighted by atomic mass is 9.90. The highest BCUT2D eigenvalue weighted by atomic mass is 14.1. The molecule has 0 aromatic heterocycles. The summed E-state index contributed by atoms with van der Waals surface area (Å²) >= 11 is 0. The van der Waals surface area contributed by atoms with Crippen LogP contribution in [0.25, 0.3) is 0 Å². The molecule has 1 atom stereocenters. The number of unbranched alkanes of at least 4 members (excludes halogenated alkanes) is 1. The molecule has 0 aromatic rings. The summed E-state index contributed by atoms with van der Waals surface area (Å²) in [7, 11) is 0. The van der Waals surface area contributed by atoms with Gasteiger partial charge < -0.3 is 0 Å². The Morgan fingerprint density at radius 1 is 1.25 bits per heavy atom. The lowest BCUT2D eigenvalue weighted by molar-refractivity contribution is 0.426. The second-order valence-corrected chi connectivity index (χ2v) is 3.78. The first kappa shape index (κ1) is 9.83. The molecule has 1 aliphatic rings. The van der Waals surface area contributed by atoms with Gasteiger partial charge in [-0.25, -0.2) is 0 Å². The highest BCUT2D eigenvalue weighted by Gasteiger charge is 2.07. The van der Waals surface area contributed by atoms with Gasteiger partial charge in [-0.1, -0.05) is 31.9 Å². The molecule has 0 nitrogen and oxygen atoms in total. The second-order valence-electron chi connectivity index (χ2n) is 3.78. The predicted molar refractivity (Wildman–Crippen MR) is 54.9 cm³/mol. The van der Waals surface area contributed by atoms with Gasteiger partial charge in [-0.2, -0.15) is 0 Å². The van der Waals surface area contributed by atoms with E-state index in [1.165, 1.54) is 44.9 Å². The van der Waals surface area contributed by atoms with Crippen LogP contribution >= 0.6 is 0 Å². The van der Waals surface area contributed by atoms with E-state index in [1.807, 2.05) is 0 Å². The molecule has 0 amide bonds. The van der Waals surface area contributed by atoms with Crippen LogP contribution in [0.4, 0.5) is 0 Å². The highest BCUT2D eigenvalue weighted by Crippen LogP contribution is 2.23. The number of hydrogen-bond acceptors (Lipinski definition) is 0. The standard InChI is InChI=1S/C12H21/c1-2-3-9-12-10-7-5-4-6-8-11-12/h3-5,12H,2,6-11H2,1H3/b5-4-. The van der Waals surface area contributed by atoms with Crippen LogP contribution in [0.3, 0.4) is 0 Å². The molecular weight excluding hydrogens is 144 g/mol. The summed E-state index contributed by atoms with van der Waals surface area (Å²) in [5.74, 6) is 0.981. The van der Waals surface area contributed by atoms with Crippen molar-refractivity contribution in [1.82, 2.24) is 0 Å². The summed E-state index contributed by atoms with van der Waals surface area (Å²) in [6.45, 7) is 2.24. The lowest BCUT2D eigenvalue weighted by Crippen LogP contribution is -2.01. The first-order valence-electron chi connectivity index (χ1n) is 5.40. The van der Waals surface area contributed by atoms with Gasteiger partial charge in [-0.05, 0) is 44.4 Å². The molecule has 0 bridgehead atoms. The van der Waals surface area contributed by atoms with Crippen molar-refractivity contribution in [3.05, 3.63) is 18.6 Å². The fourth-order valence-electron chi connectivity index (χ4n) is 1.87. The smallest absolute Gasteiger partial charge is 0.0348 e. The summed E-state index contributed by atoms with van der Waals surface area (Å²) in [5.41, 5.74) is 0. The summed E-state index contributed by atoms with van der Waals surface area (Å²) in [6, 6.07) is 0. The third kappa shape index (κ3) is 3.94. The van der Waals surface area contributed by atoms with E-state index in [-0.39, 0.29) is 0 Å². The molecule has 0 aromatic carbocycles. The number of allylic oxidation sites excluding steroid dienone is 2. The van der Waals surface area contributed by atoms with E-state index >= 15 is 0 Å².